The van der Waals surface area contributed by atoms with Gasteiger partial charge in [0.1, 0.15) is 12.2 Å². The lowest BCUT2D eigenvalue weighted by Crippen LogP contribution is -2.40. The van der Waals surface area contributed by atoms with Gasteiger partial charge >= 0.3 is 0 Å². The van der Waals surface area contributed by atoms with Gasteiger partial charge in [0.05, 0.1) is 11.8 Å². The van der Waals surface area contributed by atoms with Crippen molar-refractivity contribution in [1.29, 1.82) is 0 Å². The number of aryl methyl sites for hydroxylation is 2. The number of aliphatic hydroxyl groups is 1. The van der Waals surface area contributed by atoms with E-state index in [1.807, 2.05) is 37.3 Å². The van der Waals surface area contributed by atoms with Crippen LogP contribution < -0.4 is 0 Å². The van der Waals surface area contributed by atoms with Crippen molar-refractivity contribution in [2.75, 3.05) is 26.2 Å². The van der Waals surface area contributed by atoms with Gasteiger partial charge in [0.2, 0.25) is 5.91 Å². The van der Waals surface area contributed by atoms with Gasteiger partial charge in [0.15, 0.2) is 0 Å². The minimum Gasteiger partial charge on any atom is -0.389 e. The molecule has 7 nitrogen and oxygen atoms in total. The third-order valence-corrected chi connectivity index (χ3v) is 4.56. The zero-order valence-electron chi connectivity index (χ0n) is 15.1. The molecule has 1 aromatic carbocycles. The maximum absolute atomic E-state index is 12.7. The van der Waals surface area contributed by atoms with Crippen molar-refractivity contribution in [3.05, 3.63) is 53.3 Å². The molecule has 1 aliphatic heterocycles. The number of carbonyl (C=O) groups excluding carboxylic acids is 2. The molecule has 0 bridgehead atoms. The van der Waals surface area contributed by atoms with Crippen LogP contribution in [0.15, 0.2) is 36.4 Å². The Bertz CT molecular complexity index is 787. The highest BCUT2D eigenvalue weighted by Crippen LogP contribution is 2.12. The molecule has 1 fully saturated rings. The number of rotatable bonds is 4. The summed E-state index contributed by atoms with van der Waals surface area (Å²) in [6.07, 6.45) is -0.0516. The summed E-state index contributed by atoms with van der Waals surface area (Å²) >= 11 is 0. The lowest BCUT2D eigenvalue weighted by molar-refractivity contribution is -0.131. The molecule has 1 N–H and O–H groups in total. The molecule has 1 saturated heterocycles. The van der Waals surface area contributed by atoms with Crippen molar-refractivity contribution in [2.24, 2.45) is 7.05 Å². The lowest BCUT2D eigenvalue weighted by Gasteiger charge is -2.21. The number of hydrogen-bond donors (Lipinski definition) is 1. The van der Waals surface area contributed by atoms with Gasteiger partial charge in [-0.1, -0.05) is 30.3 Å². The second-order valence-electron chi connectivity index (χ2n) is 6.71. The first kappa shape index (κ1) is 18.1. The number of nitrogens with zero attached hydrogens (tertiary/aromatic N) is 4. The molecule has 3 rings (SSSR count). The zero-order chi connectivity index (χ0) is 18.7. The molecule has 0 spiro atoms. The zero-order valence-corrected chi connectivity index (χ0v) is 15.1. The molecular weight excluding hydrogens is 332 g/mol. The highest BCUT2D eigenvalue weighted by molar-refractivity contribution is 5.95. The Labute approximate surface area is 152 Å². The smallest absolute Gasteiger partial charge is 0.272 e. The van der Waals surface area contributed by atoms with Crippen LogP contribution >= 0.6 is 0 Å². The molecule has 26 heavy (non-hydrogen) atoms. The van der Waals surface area contributed by atoms with Crippen LogP contribution in [0.25, 0.3) is 0 Å². The van der Waals surface area contributed by atoms with E-state index in [4.69, 9.17) is 0 Å². The average molecular weight is 356 g/mol. The first-order valence-electron chi connectivity index (χ1n) is 8.73. The molecule has 0 radical (unpaired) electrons. The highest BCUT2D eigenvalue weighted by atomic mass is 16.3. The Morgan fingerprint density at radius 2 is 2.00 bits per heavy atom. The molecule has 2 amide bonds. The molecule has 1 atom stereocenters. The molecule has 1 aromatic heterocycles. The number of amides is 2. The summed E-state index contributed by atoms with van der Waals surface area (Å²) < 4.78 is 1.51. The number of β-amino-alcohol motifs (C(OH)–C–C–N with tert-alkyl or cyclic N) is 1. The number of benzene rings is 1. The maximum atomic E-state index is 12.7. The SMILES string of the molecule is Cc1cc(C(=O)N2CC(=O)N(CCc3ccccc3)CC(O)C2)n(C)n1. The van der Waals surface area contributed by atoms with Crippen molar-refractivity contribution >= 4 is 11.8 Å². The van der Waals surface area contributed by atoms with E-state index < -0.39 is 6.10 Å². The number of carbonyl (C=O) groups is 2. The fraction of sp³-hybridized carbons (Fsp3) is 0.421. The summed E-state index contributed by atoms with van der Waals surface area (Å²) in [5.74, 6) is -0.435. The second kappa shape index (κ2) is 7.70. The number of aliphatic hydroxyl groups excluding tert-OH is 1. The van der Waals surface area contributed by atoms with E-state index in [0.717, 1.165) is 11.3 Å². The van der Waals surface area contributed by atoms with Crippen LogP contribution in [0.5, 0.6) is 0 Å². The molecule has 2 heterocycles. The van der Waals surface area contributed by atoms with E-state index in [1.54, 1.807) is 18.0 Å². The fourth-order valence-electron chi connectivity index (χ4n) is 3.25. The van der Waals surface area contributed by atoms with Gasteiger partial charge in [-0.25, -0.2) is 0 Å². The van der Waals surface area contributed by atoms with Gasteiger partial charge < -0.3 is 14.9 Å². The van der Waals surface area contributed by atoms with E-state index in [0.29, 0.717) is 18.7 Å². The Kier molecular flexibility index (Phi) is 5.37. The quantitative estimate of drug-likeness (QED) is 0.871. The number of aromatic nitrogens is 2. The van der Waals surface area contributed by atoms with Gasteiger partial charge in [-0.05, 0) is 25.0 Å². The van der Waals surface area contributed by atoms with Gasteiger partial charge in [0, 0.05) is 26.7 Å². The van der Waals surface area contributed by atoms with E-state index in [-0.39, 0.29) is 31.4 Å². The van der Waals surface area contributed by atoms with Crippen LogP contribution in [0.2, 0.25) is 0 Å². The van der Waals surface area contributed by atoms with E-state index in [2.05, 4.69) is 5.10 Å². The average Bonchev–Trinajstić information content (AvgIpc) is 2.88. The molecule has 138 valence electrons. The van der Waals surface area contributed by atoms with E-state index in [1.165, 1.54) is 9.58 Å². The fourth-order valence-corrected chi connectivity index (χ4v) is 3.25. The molecule has 7 heteroatoms. The minimum absolute atomic E-state index is 0.0328. The van der Waals surface area contributed by atoms with Gasteiger partial charge in [-0.3, -0.25) is 14.3 Å². The summed E-state index contributed by atoms with van der Waals surface area (Å²) in [6, 6.07) is 11.6. The first-order valence-corrected chi connectivity index (χ1v) is 8.73. The summed E-state index contributed by atoms with van der Waals surface area (Å²) in [5, 5.41) is 14.5. The number of hydrogen-bond acceptors (Lipinski definition) is 4. The van der Waals surface area contributed by atoms with Gasteiger partial charge in [0.25, 0.3) is 5.91 Å². The Morgan fingerprint density at radius 3 is 2.65 bits per heavy atom. The van der Waals surface area contributed by atoms with E-state index >= 15 is 0 Å². The first-order chi connectivity index (χ1) is 12.4. The standard InChI is InChI=1S/C19H24N4O3/c1-14-10-17(21(2)20-14)19(26)23-12-16(24)11-22(18(25)13-23)9-8-15-6-4-3-5-7-15/h3-7,10,16,24H,8-9,11-13H2,1-2H3. The van der Waals surface area contributed by atoms with Crippen LogP contribution in [0.1, 0.15) is 21.7 Å². The predicted octanol–water partition coefficient (Wildman–Crippen LogP) is 0.617. The summed E-state index contributed by atoms with van der Waals surface area (Å²) in [4.78, 5) is 28.4. The maximum Gasteiger partial charge on any atom is 0.272 e. The minimum atomic E-state index is -0.768. The predicted molar refractivity (Wildman–Crippen MR) is 96.6 cm³/mol. The summed E-state index contributed by atoms with van der Waals surface area (Å²) in [6.45, 7) is 2.67. The van der Waals surface area contributed by atoms with Crippen molar-refractivity contribution in [2.45, 2.75) is 19.4 Å². The van der Waals surface area contributed by atoms with Crippen molar-refractivity contribution < 1.29 is 14.7 Å². The Balaban J connectivity index is 1.68. The Morgan fingerprint density at radius 1 is 1.27 bits per heavy atom. The van der Waals surface area contributed by atoms with Crippen LogP contribution in [-0.4, -0.2) is 68.8 Å². The summed E-state index contributed by atoms with van der Waals surface area (Å²) in [7, 11) is 1.70. The monoisotopic (exact) mass is 356 g/mol. The lowest BCUT2D eigenvalue weighted by atomic mass is 10.1. The molecule has 0 aliphatic carbocycles. The topological polar surface area (TPSA) is 78.7 Å². The second-order valence-corrected chi connectivity index (χ2v) is 6.71. The van der Waals surface area contributed by atoms with Crippen molar-refractivity contribution in [3.63, 3.8) is 0 Å². The Hall–Kier alpha value is -2.67. The van der Waals surface area contributed by atoms with Crippen LogP contribution in [0, 0.1) is 6.92 Å². The normalized spacial score (nSPS) is 18.1. The third kappa shape index (κ3) is 4.11. The van der Waals surface area contributed by atoms with Gasteiger partial charge in [-0.2, -0.15) is 5.10 Å². The van der Waals surface area contributed by atoms with Crippen LogP contribution in [0.4, 0.5) is 0 Å². The van der Waals surface area contributed by atoms with Gasteiger partial charge in [-0.15, -0.1) is 0 Å². The molecule has 0 saturated carbocycles. The molecule has 1 unspecified atom stereocenters. The molecule has 1 aliphatic rings. The van der Waals surface area contributed by atoms with E-state index in [9.17, 15) is 14.7 Å². The van der Waals surface area contributed by atoms with Crippen molar-refractivity contribution in [1.82, 2.24) is 19.6 Å². The molecular formula is C19H24N4O3. The summed E-state index contributed by atoms with van der Waals surface area (Å²) in [5.41, 5.74) is 2.29. The highest BCUT2D eigenvalue weighted by Gasteiger charge is 2.30. The van der Waals surface area contributed by atoms with Crippen molar-refractivity contribution in [3.8, 4) is 0 Å². The molecule has 2 aromatic rings. The third-order valence-electron chi connectivity index (χ3n) is 4.56. The van der Waals surface area contributed by atoms with Crippen LogP contribution in [-0.2, 0) is 18.3 Å². The largest absolute Gasteiger partial charge is 0.389 e. The van der Waals surface area contributed by atoms with Crippen LogP contribution in [0.3, 0.4) is 0 Å².